The minimum atomic E-state index is 0.558. The van der Waals surface area contributed by atoms with E-state index in [0.717, 1.165) is 43.5 Å². The summed E-state index contributed by atoms with van der Waals surface area (Å²) in [5, 5.41) is 2.06. The molecule has 5 heteroatoms. The molecule has 0 atom stereocenters. The van der Waals surface area contributed by atoms with Gasteiger partial charge in [-0.2, -0.15) is 5.48 Å². The number of hydrogen-bond donors (Lipinski definition) is 1. The van der Waals surface area contributed by atoms with E-state index in [1.165, 1.54) is 0 Å². The zero-order valence-electron chi connectivity index (χ0n) is 11.0. The Kier molecular flexibility index (Phi) is 3.12. The molecule has 3 rings (SSSR count). The van der Waals surface area contributed by atoms with Crippen molar-refractivity contribution >= 4 is 37.9 Å². The minimum Gasteiger partial charge on any atom is -0.461 e. The fourth-order valence-electron chi connectivity index (χ4n) is 2.37. The second-order valence-electron chi connectivity index (χ2n) is 4.52. The summed E-state index contributed by atoms with van der Waals surface area (Å²) in [5.74, 6) is 1.75. The van der Waals surface area contributed by atoms with Gasteiger partial charge in [-0.1, -0.05) is 0 Å². The van der Waals surface area contributed by atoms with Crippen LogP contribution < -0.4 is 5.48 Å². The molecule has 100 valence electrons. The number of nitrogens with one attached hydrogen (secondary N) is 1. The summed E-state index contributed by atoms with van der Waals surface area (Å²) >= 11 is 3.61. The average Bonchev–Trinajstić information content (AvgIpc) is 2.93. The summed E-state index contributed by atoms with van der Waals surface area (Å²) in [6.45, 7) is 4.43. The molecular formula is C14H14BrNO3. The maximum Gasteiger partial charge on any atom is 0.149 e. The number of fused-ring (bicyclic) bond motifs is 2. The fraction of sp³-hybridized carbons (Fsp3) is 0.286. The van der Waals surface area contributed by atoms with Crippen molar-refractivity contribution in [3.8, 4) is 0 Å². The van der Waals surface area contributed by atoms with E-state index in [2.05, 4.69) is 21.4 Å². The van der Waals surface area contributed by atoms with Crippen LogP contribution in [0.2, 0.25) is 0 Å². The van der Waals surface area contributed by atoms with Crippen LogP contribution in [0.3, 0.4) is 0 Å². The number of rotatable bonds is 3. The molecule has 0 fully saturated rings. The topological polar surface area (TPSA) is 47.5 Å². The summed E-state index contributed by atoms with van der Waals surface area (Å²) in [6.07, 6.45) is 0. The van der Waals surface area contributed by atoms with Crippen molar-refractivity contribution in [1.29, 1.82) is 0 Å². The Morgan fingerprint density at radius 1 is 1.11 bits per heavy atom. The molecule has 0 radical (unpaired) electrons. The van der Waals surface area contributed by atoms with Gasteiger partial charge in [0.1, 0.15) is 22.7 Å². The Labute approximate surface area is 118 Å². The Balaban J connectivity index is 2.40. The lowest BCUT2D eigenvalue weighted by Crippen LogP contribution is -2.11. The van der Waals surface area contributed by atoms with Crippen LogP contribution in [0.25, 0.3) is 21.9 Å². The fourth-order valence-corrected chi connectivity index (χ4v) is 2.96. The second-order valence-corrected chi connectivity index (χ2v) is 5.31. The molecule has 3 aromatic rings. The van der Waals surface area contributed by atoms with Crippen molar-refractivity contribution in [3.05, 3.63) is 33.7 Å². The molecule has 0 saturated heterocycles. The van der Waals surface area contributed by atoms with Crippen LogP contribution in [-0.4, -0.2) is 7.11 Å². The standard InChI is InChI=1S/C14H14BrNO3/c1-7-4-9-11(6-16-17-3)13-10(5-8(2)18-13)12(15)14(9)19-7/h4-5,16H,6H2,1-3H3. The lowest BCUT2D eigenvalue weighted by atomic mass is 10.1. The number of hydroxylamine groups is 1. The van der Waals surface area contributed by atoms with Crippen LogP contribution in [0, 0.1) is 13.8 Å². The van der Waals surface area contributed by atoms with Gasteiger partial charge >= 0.3 is 0 Å². The normalized spacial score (nSPS) is 11.8. The first kappa shape index (κ1) is 12.7. The molecule has 2 heterocycles. The third kappa shape index (κ3) is 1.98. The number of halogens is 1. The van der Waals surface area contributed by atoms with E-state index in [1.807, 2.05) is 26.0 Å². The predicted octanol–water partition coefficient (Wildman–Crippen LogP) is 4.21. The Morgan fingerprint density at radius 2 is 1.74 bits per heavy atom. The predicted molar refractivity (Wildman–Crippen MR) is 77.0 cm³/mol. The SMILES string of the molecule is CONCc1c2cc(C)oc2c(Br)c2cc(C)oc12. The summed E-state index contributed by atoms with van der Waals surface area (Å²) in [4.78, 5) is 4.95. The van der Waals surface area contributed by atoms with E-state index in [9.17, 15) is 0 Å². The molecule has 1 aromatic carbocycles. The van der Waals surface area contributed by atoms with Crippen molar-refractivity contribution < 1.29 is 13.7 Å². The molecule has 2 aromatic heterocycles. The minimum absolute atomic E-state index is 0.558. The van der Waals surface area contributed by atoms with Crippen LogP contribution >= 0.6 is 15.9 Å². The van der Waals surface area contributed by atoms with Gasteiger partial charge in [0.05, 0.1) is 18.1 Å². The maximum absolute atomic E-state index is 5.83. The summed E-state index contributed by atoms with van der Waals surface area (Å²) < 4.78 is 12.5. The first-order valence-corrected chi connectivity index (χ1v) is 6.77. The first-order valence-electron chi connectivity index (χ1n) is 5.98. The summed E-state index contributed by atoms with van der Waals surface area (Å²) in [7, 11) is 1.60. The van der Waals surface area contributed by atoms with Crippen molar-refractivity contribution in [3.63, 3.8) is 0 Å². The highest BCUT2D eigenvalue weighted by Gasteiger charge is 2.19. The molecule has 4 nitrogen and oxygen atoms in total. The molecule has 0 bridgehead atoms. The van der Waals surface area contributed by atoms with E-state index >= 15 is 0 Å². The van der Waals surface area contributed by atoms with Gasteiger partial charge in [0.2, 0.25) is 0 Å². The quantitative estimate of drug-likeness (QED) is 0.733. The highest BCUT2D eigenvalue weighted by atomic mass is 79.9. The van der Waals surface area contributed by atoms with Gasteiger partial charge in [-0.3, -0.25) is 0 Å². The molecular weight excluding hydrogens is 310 g/mol. The van der Waals surface area contributed by atoms with Crippen LogP contribution in [-0.2, 0) is 11.4 Å². The Morgan fingerprint density at radius 3 is 2.42 bits per heavy atom. The van der Waals surface area contributed by atoms with Crippen molar-refractivity contribution in [2.75, 3.05) is 7.11 Å². The van der Waals surface area contributed by atoms with Gasteiger partial charge in [-0.15, -0.1) is 0 Å². The molecule has 0 unspecified atom stereocenters. The second kappa shape index (κ2) is 4.67. The van der Waals surface area contributed by atoms with Crippen LogP contribution in [0.4, 0.5) is 0 Å². The van der Waals surface area contributed by atoms with Gasteiger partial charge in [0.15, 0.2) is 0 Å². The number of furan rings is 2. The van der Waals surface area contributed by atoms with Gasteiger partial charge in [0.25, 0.3) is 0 Å². The van der Waals surface area contributed by atoms with Gasteiger partial charge in [-0.05, 0) is 41.9 Å². The largest absolute Gasteiger partial charge is 0.461 e. The van der Waals surface area contributed by atoms with Crippen LogP contribution in [0.1, 0.15) is 17.1 Å². The molecule has 19 heavy (non-hydrogen) atoms. The number of benzene rings is 1. The van der Waals surface area contributed by atoms with Crippen molar-refractivity contribution in [2.24, 2.45) is 0 Å². The van der Waals surface area contributed by atoms with E-state index in [0.29, 0.717) is 6.54 Å². The van der Waals surface area contributed by atoms with E-state index < -0.39 is 0 Å². The molecule has 0 amide bonds. The summed E-state index contributed by atoms with van der Waals surface area (Å²) in [5.41, 5.74) is 5.62. The van der Waals surface area contributed by atoms with Crippen molar-refractivity contribution in [1.82, 2.24) is 5.48 Å². The lowest BCUT2D eigenvalue weighted by molar-refractivity contribution is 0.0871. The Bertz CT molecular complexity index is 699. The zero-order valence-corrected chi connectivity index (χ0v) is 12.6. The van der Waals surface area contributed by atoms with Crippen molar-refractivity contribution in [2.45, 2.75) is 20.4 Å². The molecule has 0 aliphatic rings. The highest BCUT2D eigenvalue weighted by molar-refractivity contribution is 9.10. The molecule has 0 aliphatic carbocycles. The lowest BCUT2D eigenvalue weighted by Gasteiger charge is -2.06. The zero-order chi connectivity index (χ0) is 13.6. The van der Waals surface area contributed by atoms with Gasteiger partial charge < -0.3 is 13.7 Å². The van der Waals surface area contributed by atoms with E-state index in [-0.39, 0.29) is 0 Å². The van der Waals surface area contributed by atoms with Crippen LogP contribution in [0.5, 0.6) is 0 Å². The van der Waals surface area contributed by atoms with Gasteiger partial charge in [-0.25, -0.2) is 0 Å². The first-order chi connectivity index (χ1) is 9.11. The Hall–Kier alpha value is -1.30. The average molecular weight is 324 g/mol. The van der Waals surface area contributed by atoms with E-state index in [1.54, 1.807) is 7.11 Å². The number of hydrogen-bond acceptors (Lipinski definition) is 4. The number of aryl methyl sites for hydroxylation is 2. The third-order valence-corrected chi connectivity index (χ3v) is 3.93. The highest BCUT2D eigenvalue weighted by Crippen LogP contribution is 2.39. The van der Waals surface area contributed by atoms with Crippen LogP contribution in [0.15, 0.2) is 25.4 Å². The van der Waals surface area contributed by atoms with E-state index in [4.69, 9.17) is 13.7 Å². The maximum atomic E-state index is 5.83. The third-order valence-electron chi connectivity index (χ3n) is 3.14. The molecule has 1 N–H and O–H groups in total. The molecule has 0 spiro atoms. The van der Waals surface area contributed by atoms with Gasteiger partial charge in [0, 0.05) is 16.3 Å². The molecule has 0 saturated carbocycles. The monoisotopic (exact) mass is 323 g/mol. The summed E-state index contributed by atoms with van der Waals surface area (Å²) in [6, 6.07) is 4.02. The molecule has 0 aliphatic heterocycles. The smallest absolute Gasteiger partial charge is 0.149 e.